The van der Waals surface area contributed by atoms with E-state index in [1.54, 1.807) is 5.38 Å². The molecule has 1 heterocycles. The maximum Gasteiger partial charge on any atom is 0.289 e. The van der Waals surface area contributed by atoms with E-state index in [0.29, 0.717) is 10.8 Å². The highest BCUT2D eigenvalue weighted by Crippen LogP contribution is 2.24. The average Bonchev–Trinajstić information content (AvgIpc) is 3.09. The SMILES string of the molecule is CCc1ccc(-c2nc(C(=O)NNC(=S)NCC[NH+](C)C)cs2)cc1. The van der Waals surface area contributed by atoms with Crippen molar-refractivity contribution in [3.63, 3.8) is 0 Å². The number of carbonyl (C=O) groups excluding carboxylic acids is 1. The lowest BCUT2D eigenvalue weighted by Gasteiger charge is -2.12. The average molecular weight is 379 g/mol. The molecule has 0 aliphatic carbocycles. The van der Waals surface area contributed by atoms with E-state index < -0.39 is 0 Å². The molecule has 1 aromatic heterocycles. The first kappa shape index (κ1) is 19.3. The summed E-state index contributed by atoms with van der Waals surface area (Å²) >= 11 is 6.56. The maximum atomic E-state index is 12.2. The van der Waals surface area contributed by atoms with Crippen molar-refractivity contribution in [3.8, 4) is 10.6 Å². The Morgan fingerprint density at radius 3 is 2.60 bits per heavy atom. The molecule has 0 atom stereocenters. The van der Waals surface area contributed by atoms with Crippen molar-refractivity contribution >= 4 is 34.6 Å². The van der Waals surface area contributed by atoms with Crippen LogP contribution in [0.1, 0.15) is 23.0 Å². The van der Waals surface area contributed by atoms with Gasteiger partial charge in [-0.05, 0) is 24.2 Å². The first-order chi connectivity index (χ1) is 12.0. The fourth-order valence-electron chi connectivity index (χ4n) is 2.04. The van der Waals surface area contributed by atoms with Gasteiger partial charge in [-0.15, -0.1) is 11.3 Å². The molecule has 0 aliphatic heterocycles. The van der Waals surface area contributed by atoms with Gasteiger partial charge in [-0.3, -0.25) is 15.6 Å². The number of quaternary nitrogens is 1. The van der Waals surface area contributed by atoms with E-state index in [0.717, 1.165) is 30.1 Å². The smallest absolute Gasteiger partial charge is 0.289 e. The maximum absolute atomic E-state index is 12.2. The summed E-state index contributed by atoms with van der Waals surface area (Å²) in [7, 11) is 4.13. The van der Waals surface area contributed by atoms with Gasteiger partial charge in [0.2, 0.25) is 0 Å². The summed E-state index contributed by atoms with van der Waals surface area (Å²) in [4.78, 5) is 17.9. The van der Waals surface area contributed by atoms with E-state index in [1.807, 2.05) is 12.1 Å². The number of hydrazine groups is 1. The zero-order valence-electron chi connectivity index (χ0n) is 14.7. The van der Waals surface area contributed by atoms with Crippen LogP contribution < -0.4 is 21.1 Å². The van der Waals surface area contributed by atoms with Crippen LogP contribution in [0.4, 0.5) is 0 Å². The Hall–Kier alpha value is -2.03. The number of thiocarbonyl (C=S) groups is 1. The van der Waals surface area contributed by atoms with Gasteiger partial charge in [-0.25, -0.2) is 4.98 Å². The van der Waals surface area contributed by atoms with Gasteiger partial charge in [-0.1, -0.05) is 31.2 Å². The molecule has 2 rings (SSSR count). The number of nitrogens with zero attached hydrogens (tertiary/aromatic N) is 1. The second kappa shape index (κ2) is 9.45. The van der Waals surface area contributed by atoms with Crippen molar-refractivity contribution < 1.29 is 9.69 Å². The third-order valence-corrected chi connectivity index (χ3v) is 4.68. The first-order valence-corrected chi connectivity index (χ1v) is 9.46. The van der Waals surface area contributed by atoms with Gasteiger partial charge >= 0.3 is 0 Å². The zero-order chi connectivity index (χ0) is 18.2. The number of aromatic nitrogens is 1. The second-order valence-corrected chi connectivity index (χ2v) is 7.15. The molecule has 0 saturated heterocycles. The molecule has 6 nitrogen and oxygen atoms in total. The Labute approximate surface area is 157 Å². The van der Waals surface area contributed by atoms with Gasteiger partial charge in [0.1, 0.15) is 10.7 Å². The number of carbonyl (C=O) groups is 1. The van der Waals surface area contributed by atoms with Crippen molar-refractivity contribution in [3.05, 3.63) is 40.9 Å². The van der Waals surface area contributed by atoms with Gasteiger partial charge in [-0.2, -0.15) is 0 Å². The number of nitrogens with one attached hydrogen (secondary N) is 4. The molecular formula is C17H24N5OS2+. The molecule has 0 unspecified atom stereocenters. The number of rotatable bonds is 6. The molecule has 134 valence electrons. The fourth-order valence-corrected chi connectivity index (χ4v) is 3.00. The highest BCUT2D eigenvalue weighted by Gasteiger charge is 2.12. The largest absolute Gasteiger partial charge is 0.356 e. The van der Waals surface area contributed by atoms with E-state index >= 15 is 0 Å². The summed E-state index contributed by atoms with van der Waals surface area (Å²) in [5.41, 5.74) is 7.92. The van der Waals surface area contributed by atoms with E-state index in [1.165, 1.54) is 21.8 Å². The highest BCUT2D eigenvalue weighted by molar-refractivity contribution is 7.80. The lowest BCUT2D eigenvalue weighted by molar-refractivity contribution is -0.856. The minimum atomic E-state index is -0.310. The first-order valence-electron chi connectivity index (χ1n) is 8.17. The van der Waals surface area contributed by atoms with E-state index in [-0.39, 0.29) is 5.91 Å². The Morgan fingerprint density at radius 2 is 1.96 bits per heavy atom. The van der Waals surface area contributed by atoms with Crippen LogP contribution in [-0.2, 0) is 6.42 Å². The van der Waals surface area contributed by atoms with Crippen LogP contribution in [0, 0.1) is 0 Å². The molecule has 0 spiro atoms. The van der Waals surface area contributed by atoms with Crippen LogP contribution in [-0.4, -0.2) is 43.2 Å². The van der Waals surface area contributed by atoms with Crippen LogP contribution in [0.3, 0.4) is 0 Å². The van der Waals surface area contributed by atoms with E-state index in [4.69, 9.17) is 12.2 Å². The van der Waals surface area contributed by atoms with Crippen LogP contribution in [0.5, 0.6) is 0 Å². The van der Waals surface area contributed by atoms with Gasteiger partial charge in [0, 0.05) is 10.9 Å². The number of thiazole rings is 1. The molecule has 4 N–H and O–H groups in total. The van der Waals surface area contributed by atoms with Gasteiger partial charge in [0.05, 0.1) is 27.2 Å². The molecule has 8 heteroatoms. The summed E-state index contributed by atoms with van der Waals surface area (Å²) in [6, 6.07) is 8.22. The number of benzene rings is 1. The zero-order valence-corrected chi connectivity index (χ0v) is 16.3. The van der Waals surface area contributed by atoms with Crippen molar-refractivity contribution in [2.75, 3.05) is 27.2 Å². The third-order valence-electron chi connectivity index (χ3n) is 3.55. The molecule has 25 heavy (non-hydrogen) atoms. The van der Waals surface area contributed by atoms with E-state index in [9.17, 15) is 4.79 Å². The fraction of sp³-hybridized carbons (Fsp3) is 0.353. The van der Waals surface area contributed by atoms with Crippen LogP contribution in [0.15, 0.2) is 29.6 Å². The topological polar surface area (TPSA) is 70.5 Å². The molecule has 0 aliphatic rings. The molecule has 0 fully saturated rings. The number of hydrogen-bond acceptors (Lipinski definition) is 4. The monoisotopic (exact) mass is 378 g/mol. The minimum Gasteiger partial charge on any atom is -0.356 e. The summed E-state index contributed by atoms with van der Waals surface area (Å²) in [6.07, 6.45) is 1.00. The lowest BCUT2D eigenvalue weighted by atomic mass is 10.1. The normalized spacial score (nSPS) is 10.6. The Kier molecular flexibility index (Phi) is 7.30. The standard InChI is InChI=1S/C17H23N5OS2/c1-4-12-5-7-13(8-6-12)16-19-14(11-25-16)15(23)20-21-17(24)18-9-10-22(2)3/h5-8,11H,4,9-10H2,1-3H3,(H,20,23)(H2,18,21,24)/p+1. The van der Waals surface area contributed by atoms with Crippen molar-refractivity contribution in [2.45, 2.75) is 13.3 Å². The van der Waals surface area contributed by atoms with Crippen molar-refractivity contribution in [1.82, 2.24) is 21.2 Å². The predicted octanol–water partition coefficient (Wildman–Crippen LogP) is 0.626. The quantitative estimate of drug-likeness (QED) is 0.438. The third kappa shape index (κ3) is 6.08. The van der Waals surface area contributed by atoms with Crippen molar-refractivity contribution in [1.29, 1.82) is 0 Å². The molecule has 0 saturated carbocycles. The summed E-state index contributed by atoms with van der Waals surface area (Å²) < 4.78 is 0. The molecule has 0 radical (unpaired) electrons. The second-order valence-electron chi connectivity index (χ2n) is 5.88. The molecule has 0 bridgehead atoms. The van der Waals surface area contributed by atoms with Crippen LogP contribution in [0.25, 0.3) is 10.6 Å². The van der Waals surface area contributed by atoms with Crippen LogP contribution >= 0.6 is 23.6 Å². The Balaban J connectivity index is 1.86. The number of aryl methyl sites for hydroxylation is 1. The van der Waals surface area contributed by atoms with Crippen molar-refractivity contribution in [2.24, 2.45) is 0 Å². The number of likely N-dealkylation sites (N-methyl/N-ethyl adjacent to an activating group) is 1. The molecule has 1 aromatic carbocycles. The molecular weight excluding hydrogens is 354 g/mol. The predicted molar refractivity (Wildman–Crippen MR) is 106 cm³/mol. The number of amides is 1. The Morgan fingerprint density at radius 1 is 1.24 bits per heavy atom. The van der Waals surface area contributed by atoms with Gasteiger partial charge in [0.25, 0.3) is 5.91 Å². The summed E-state index contributed by atoms with van der Waals surface area (Å²) in [5.74, 6) is -0.310. The molecule has 2 aromatic rings. The van der Waals surface area contributed by atoms with E-state index in [2.05, 4.69) is 54.3 Å². The lowest BCUT2D eigenvalue weighted by Crippen LogP contribution is -3.06. The molecule has 1 amide bonds. The summed E-state index contributed by atoms with van der Waals surface area (Å²) in [5, 5.41) is 5.98. The summed E-state index contributed by atoms with van der Waals surface area (Å²) in [6.45, 7) is 3.79. The highest BCUT2D eigenvalue weighted by atomic mass is 32.1. The number of hydrogen-bond donors (Lipinski definition) is 4. The van der Waals surface area contributed by atoms with Gasteiger partial charge in [0.15, 0.2) is 5.11 Å². The van der Waals surface area contributed by atoms with Gasteiger partial charge < -0.3 is 10.2 Å². The van der Waals surface area contributed by atoms with Crippen LogP contribution in [0.2, 0.25) is 0 Å². The Bertz CT molecular complexity index is 712. The minimum absolute atomic E-state index is 0.310.